The highest BCUT2D eigenvalue weighted by atomic mass is 16.5. The largest absolute Gasteiger partial charge is 0.493 e. The molecular formula is C21H27N5O5. The van der Waals surface area contributed by atoms with Gasteiger partial charge >= 0.3 is 0 Å². The predicted molar refractivity (Wildman–Crippen MR) is 112 cm³/mol. The lowest BCUT2D eigenvalue weighted by Gasteiger charge is -2.21. The molecule has 3 rings (SSSR count). The lowest BCUT2D eigenvalue weighted by Crippen LogP contribution is -2.26. The van der Waals surface area contributed by atoms with Crippen LogP contribution in [0.15, 0.2) is 24.3 Å². The Bertz CT molecular complexity index is 1160. The van der Waals surface area contributed by atoms with Crippen molar-refractivity contribution in [3.05, 3.63) is 41.0 Å². The Hall–Kier alpha value is -3.40. The maximum atomic E-state index is 13.1. The maximum Gasteiger partial charge on any atom is 0.242 e. The van der Waals surface area contributed by atoms with Gasteiger partial charge in [0, 0.05) is 11.6 Å². The van der Waals surface area contributed by atoms with Gasteiger partial charge in [-0.05, 0) is 29.2 Å². The number of ether oxygens (including phenoxy) is 3. The lowest BCUT2D eigenvalue weighted by atomic mass is 9.85. The van der Waals surface area contributed by atoms with Gasteiger partial charge < -0.3 is 19.3 Å². The van der Waals surface area contributed by atoms with E-state index >= 15 is 0 Å². The smallest absolute Gasteiger partial charge is 0.242 e. The van der Waals surface area contributed by atoms with Crippen LogP contribution in [0.5, 0.6) is 17.4 Å². The summed E-state index contributed by atoms with van der Waals surface area (Å²) in [5, 5.41) is 26.0. The number of Topliss-reactive ketones (excluding diaryl/α,β-unsaturated/α-hetero) is 1. The average molecular weight is 429 g/mol. The molecular weight excluding hydrogens is 402 g/mol. The Morgan fingerprint density at radius 2 is 1.87 bits per heavy atom. The van der Waals surface area contributed by atoms with Crippen molar-refractivity contribution in [3.63, 3.8) is 0 Å². The van der Waals surface area contributed by atoms with E-state index in [4.69, 9.17) is 24.7 Å². The number of rotatable bonds is 8. The van der Waals surface area contributed by atoms with E-state index in [9.17, 15) is 4.79 Å². The molecule has 2 N–H and O–H groups in total. The fourth-order valence-corrected chi connectivity index (χ4v) is 2.99. The minimum atomic E-state index is -0.243. The topological polar surface area (TPSA) is 124 Å². The number of benzene rings is 1. The maximum absolute atomic E-state index is 13.1. The fraction of sp³-hybridized carbons (Fsp3) is 0.429. The number of hydrogen-bond donors (Lipinski definition) is 2. The van der Waals surface area contributed by atoms with E-state index in [2.05, 4.69) is 10.2 Å². The van der Waals surface area contributed by atoms with Crippen molar-refractivity contribution in [1.82, 2.24) is 19.4 Å². The van der Waals surface area contributed by atoms with Gasteiger partial charge in [-0.3, -0.25) is 10.2 Å². The van der Waals surface area contributed by atoms with E-state index in [1.807, 2.05) is 32.9 Å². The predicted octanol–water partition coefficient (Wildman–Crippen LogP) is 1.58. The van der Waals surface area contributed by atoms with E-state index in [-0.39, 0.29) is 42.5 Å². The normalized spacial score (nSPS) is 11.5. The molecule has 0 atom stereocenters. The monoisotopic (exact) mass is 429 g/mol. The van der Waals surface area contributed by atoms with Crippen LogP contribution in [-0.2, 0) is 12.0 Å². The van der Waals surface area contributed by atoms with Crippen LogP contribution in [0.3, 0.4) is 0 Å². The number of nitrogens with zero attached hydrogens (tertiary/aromatic N) is 4. The minimum absolute atomic E-state index is 0.0933. The molecule has 1 aromatic carbocycles. The third-order valence-electron chi connectivity index (χ3n) is 4.71. The molecule has 10 heteroatoms. The van der Waals surface area contributed by atoms with Gasteiger partial charge in [0.1, 0.15) is 18.9 Å². The van der Waals surface area contributed by atoms with Gasteiger partial charge in [0.25, 0.3) is 0 Å². The van der Waals surface area contributed by atoms with Crippen LogP contribution >= 0.6 is 0 Å². The third-order valence-corrected chi connectivity index (χ3v) is 4.71. The van der Waals surface area contributed by atoms with Crippen molar-refractivity contribution in [2.24, 2.45) is 0 Å². The molecule has 0 saturated carbocycles. The Balaban J connectivity index is 2.00. The Kier molecular flexibility index (Phi) is 6.30. The summed E-state index contributed by atoms with van der Waals surface area (Å²) in [5.74, 6) is 0.898. The van der Waals surface area contributed by atoms with Crippen LogP contribution in [-0.4, -0.2) is 57.7 Å². The molecule has 2 heterocycles. The van der Waals surface area contributed by atoms with Crippen molar-refractivity contribution in [1.29, 1.82) is 5.41 Å². The minimum Gasteiger partial charge on any atom is -0.493 e. The van der Waals surface area contributed by atoms with Gasteiger partial charge in [0.2, 0.25) is 17.1 Å². The summed E-state index contributed by atoms with van der Waals surface area (Å²) >= 11 is 0. The van der Waals surface area contributed by atoms with Crippen molar-refractivity contribution in [2.75, 3.05) is 27.4 Å². The van der Waals surface area contributed by atoms with Crippen molar-refractivity contribution >= 4 is 11.4 Å². The number of aromatic nitrogens is 4. The van der Waals surface area contributed by atoms with E-state index in [1.54, 1.807) is 12.1 Å². The van der Waals surface area contributed by atoms with Crippen LogP contribution in [0.4, 0.5) is 0 Å². The summed E-state index contributed by atoms with van der Waals surface area (Å²) in [6.45, 7) is 5.96. The Morgan fingerprint density at radius 1 is 1.13 bits per heavy atom. The zero-order valence-electron chi connectivity index (χ0n) is 18.3. The van der Waals surface area contributed by atoms with Crippen LogP contribution in [0.1, 0.15) is 36.7 Å². The van der Waals surface area contributed by atoms with Crippen molar-refractivity contribution in [2.45, 2.75) is 32.7 Å². The van der Waals surface area contributed by atoms with E-state index in [0.29, 0.717) is 22.7 Å². The summed E-state index contributed by atoms with van der Waals surface area (Å²) < 4.78 is 18.5. The Morgan fingerprint density at radius 3 is 2.48 bits per heavy atom. The number of methoxy groups -OCH3 is 2. The van der Waals surface area contributed by atoms with Gasteiger partial charge in [0.05, 0.1) is 20.8 Å². The second kappa shape index (κ2) is 8.76. The summed E-state index contributed by atoms with van der Waals surface area (Å²) in [7, 11) is 2.94. The molecule has 0 bridgehead atoms. The first kappa shape index (κ1) is 22.3. The third kappa shape index (κ3) is 4.69. The second-order valence-electron chi connectivity index (χ2n) is 7.96. The highest BCUT2D eigenvalue weighted by Gasteiger charge is 2.20. The molecule has 0 aliphatic heterocycles. The molecule has 166 valence electrons. The second-order valence-corrected chi connectivity index (χ2v) is 7.96. The van der Waals surface area contributed by atoms with E-state index in [0.717, 1.165) is 5.56 Å². The van der Waals surface area contributed by atoms with Gasteiger partial charge in [-0.15, -0.1) is 10.2 Å². The first-order valence-corrected chi connectivity index (χ1v) is 9.74. The zero-order valence-corrected chi connectivity index (χ0v) is 18.3. The quantitative estimate of drug-likeness (QED) is 0.521. The van der Waals surface area contributed by atoms with E-state index in [1.165, 1.54) is 23.4 Å². The first-order chi connectivity index (χ1) is 14.7. The summed E-state index contributed by atoms with van der Waals surface area (Å²) in [4.78, 5) is 13.1. The summed E-state index contributed by atoms with van der Waals surface area (Å²) in [6, 6.07) is 6.87. The average Bonchev–Trinajstić information content (AvgIpc) is 3.06. The molecule has 0 saturated heterocycles. The number of carbonyl (C=O) groups is 1. The molecule has 0 fully saturated rings. The molecule has 31 heavy (non-hydrogen) atoms. The molecule has 3 aromatic rings. The van der Waals surface area contributed by atoms with Crippen LogP contribution in [0.2, 0.25) is 0 Å². The molecule has 0 unspecified atom stereocenters. The number of ketones is 1. The van der Waals surface area contributed by atoms with Crippen molar-refractivity contribution in [3.8, 4) is 17.4 Å². The molecule has 0 radical (unpaired) electrons. The standard InChI is InChI=1S/C21H27N5O5/c1-21(2,3)14-8-13(9-15(10-14)31-7-6-27)16(28)12-25-20(22)26-19(24-25)17(29-4)11-18(23-26)30-5/h8-11,22,27H,6-7,12H2,1-5H3. The molecule has 10 nitrogen and oxygen atoms in total. The van der Waals surface area contributed by atoms with Gasteiger partial charge in [-0.25, -0.2) is 4.68 Å². The highest BCUT2D eigenvalue weighted by molar-refractivity contribution is 5.96. The van der Waals surface area contributed by atoms with E-state index < -0.39 is 0 Å². The summed E-state index contributed by atoms with van der Waals surface area (Å²) in [6.07, 6.45) is 0. The molecule has 2 aromatic heterocycles. The number of carbonyl (C=O) groups excluding carboxylic acids is 1. The van der Waals surface area contributed by atoms with Crippen LogP contribution in [0, 0.1) is 5.41 Å². The fourth-order valence-electron chi connectivity index (χ4n) is 2.99. The number of aliphatic hydroxyl groups is 1. The Labute approximate surface area is 179 Å². The zero-order chi connectivity index (χ0) is 22.8. The molecule has 0 aliphatic rings. The SMILES string of the molecule is COc1cc(OC)c2nn(CC(=O)c3cc(OCCO)cc(C(C)(C)C)c3)c(=N)n2n1. The molecule has 0 spiro atoms. The first-order valence-electron chi connectivity index (χ1n) is 9.74. The van der Waals surface area contributed by atoms with Crippen LogP contribution < -0.4 is 19.8 Å². The number of hydrogen-bond acceptors (Lipinski definition) is 8. The van der Waals surface area contributed by atoms with Gasteiger partial charge in [0.15, 0.2) is 11.5 Å². The van der Waals surface area contributed by atoms with Gasteiger partial charge in [-0.1, -0.05) is 20.8 Å². The lowest BCUT2D eigenvalue weighted by molar-refractivity contribution is 0.0965. The molecule has 0 amide bonds. The highest BCUT2D eigenvalue weighted by Crippen LogP contribution is 2.28. The van der Waals surface area contributed by atoms with Crippen molar-refractivity contribution < 1.29 is 24.1 Å². The number of aliphatic hydroxyl groups excluding tert-OH is 1. The molecule has 0 aliphatic carbocycles. The van der Waals surface area contributed by atoms with Gasteiger partial charge in [-0.2, -0.15) is 4.52 Å². The van der Waals surface area contributed by atoms with Crippen LogP contribution in [0.25, 0.3) is 5.65 Å². The number of nitrogens with one attached hydrogen (secondary N) is 1. The number of fused-ring (bicyclic) bond motifs is 1. The summed E-state index contributed by atoms with van der Waals surface area (Å²) in [5.41, 5.74) is 1.35.